The SMILES string of the molecule is Cc1ccc(C)c(S(=O)(=O)Oc2ccc(C(=O)OCC(=O)N3CCCC3)cc2)c1. The fraction of sp³-hybridized carbons (Fsp3) is 0.333. The molecule has 7 nitrogen and oxygen atoms in total. The van der Waals surface area contributed by atoms with Gasteiger partial charge in [-0.05, 0) is 68.1 Å². The zero-order chi connectivity index (χ0) is 21.0. The van der Waals surface area contributed by atoms with E-state index in [4.69, 9.17) is 8.92 Å². The summed E-state index contributed by atoms with van der Waals surface area (Å²) in [7, 11) is -4.00. The summed E-state index contributed by atoms with van der Waals surface area (Å²) in [5, 5.41) is 0. The minimum Gasteiger partial charge on any atom is -0.452 e. The number of esters is 1. The smallest absolute Gasteiger partial charge is 0.339 e. The number of aryl methyl sites for hydroxylation is 2. The van der Waals surface area contributed by atoms with Crippen molar-refractivity contribution >= 4 is 22.0 Å². The first-order valence-electron chi connectivity index (χ1n) is 9.33. The molecule has 1 aliphatic rings. The summed E-state index contributed by atoms with van der Waals surface area (Å²) in [6, 6.07) is 10.6. The number of benzene rings is 2. The molecule has 1 saturated heterocycles. The molecule has 1 aliphatic heterocycles. The molecule has 0 unspecified atom stereocenters. The highest BCUT2D eigenvalue weighted by Gasteiger charge is 2.21. The van der Waals surface area contributed by atoms with Crippen molar-refractivity contribution in [3.63, 3.8) is 0 Å². The van der Waals surface area contributed by atoms with Gasteiger partial charge in [0.15, 0.2) is 6.61 Å². The summed E-state index contributed by atoms with van der Waals surface area (Å²) in [4.78, 5) is 25.8. The maximum Gasteiger partial charge on any atom is 0.339 e. The van der Waals surface area contributed by atoms with Crippen LogP contribution >= 0.6 is 0 Å². The van der Waals surface area contributed by atoms with Crippen molar-refractivity contribution in [2.75, 3.05) is 19.7 Å². The Labute approximate surface area is 170 Å². The molecule has 2 aromatic carbocycles. The van der Waals surface area contributed by atoms with Gasteiger partial charge >= 0.3 is 16.1 Å². The Morgan fingerprint density at radius 2 is 1.66 bits per heavy atom. The summed E-state index contributed by atoms with van der Waals surface area (Å²) in [5.74, 6) is -0.785. The van der Waals surface area contributed by atoms with Crippen LogP contribution in [0.25, 0.3) is 0 Å². The van der Waals surface area contributed by atoms with Crippen LogP contribution in [-0.4, -0.2) is 44.9 Å². The van der Waals surface area contributed by atoms with E-state index in [1.807, 2.05) is 6.07 Å². The molecule has 0 radical (unpaired) electrons. The van der Waals surface area contributed by atoms with E-state index < -0.39 is 16.1 Å². The normalized spacial score (nSPS) is 13.9. The van der Waals surface area contributed by atoms with Crippen molar-refractivity contribution in [2.24, 2.45) is 0 Å². The Balaban J connectivity index is 1.62. The lowest BCUT2D eigenvalue weighted by atomic mass is 10.2. The minimum absolute atomic E-state index is 0.0793. The topological polar surface area (TPSA) is 90.0 Å². The van der Waals surface area contributed by atoms with Crippen LogP contribution in [0.3, 0.4) is 0 Å². The highest BCUT2D eigenvalue weighted by Crippen LogP contribution is 2.23. The summed E-state index contributed by atoms with van der Waals surface area (Å²) in [6.07, 6.45) is 1.93. The zero-order valence-corrected chi connectivity index (χ0v) is 17.2. The Morgan fingerprint density at radius 3 is 2.31 bits per heavy atom. The number of rotatable bonds is 6. The van der Waals surface area contributed by atoms with Crippen molar-refractivity contribution in [3.05, 3.63) is 59.2 Å². The zero-order valence-electron chi connectivity index (χ0n) is 16.4. The largest absolute Gasteiger partial charge is 0.452 e. The average molecular weight is 417 g/mol. The van der Waals surface area contributed by atoms with Gasteiger partial charge in [0.1, 0.15) is 10.6 Å². The standard InChI is InChI=1S/C21H23NO6S/c1-15-5-6-16(2)19(13-15)29(25,26)28-18-9-7-17(8-10-18)21(24)27-14-20(23)22-11-3-4-12-22/h5-10,13H,3-4,11-12,14H2,1-2H3. The second-order valence-corrected chi connectivity index (χ2v) is 8.51. The van der Waals surface area contributed by atoms with E-state index in [-0.39, 0.29) is 28.7 Å². The average Bonchev–Trinajstić information content (AvgIpc) is 3.23. The molecular formula is C21H23NO6S. The van der Waals surface area contributed by atoms with Gasteiger partial charge in [-0.3, -0.25) is 4.79 Å². The van der Waals surface area contributed by atoms with Gasteiger partial charge in [0.25, 0.3) is 5.91 Å². The van der Waals surface area contributed by atoms with E-state index in [0.717, 1.165) is 18.4 Å². The molecule has 0 bridgehead atoms. The van der Waals surface area contributed by atoms with Crippen molar-refractivity contribution in [1.29, 1.82) is 0 Å². The minimum atomic E-state index is -4.00. The van der Waals surface area contributed by atoms with Gasteiger partial charge in [0.2, 0.25) is 0 Å². The van der Waals surface area contributed by atoms with E-state index in [1.54, 1.807) is 30.9 Å². The van der Waals surface area contributed by atoms with Crippen molar-refractivity contribution in [2.45, 2.75) is 31.6 Å². The Bertz CT molecular complexity index is 1010. The number of carbonyl (C=O) groups excluding carboxylic acids is 2. The number of likely N-dealkylation sites (tertiary alicyclic amines) is 1. The predicted molar refractivity (Wildman–Crippen MR) is 106 cm³/mol. The van der Waals surface area contributed by atoms with Gasteiger partial charge in [-0.15, -0.1) is 0 Å². The predicted octanol–water partition coefficient (Wildman–Crippen LogP) is 2.85. The lowest BCUT2D eigenvalue weighted by Crippen LogP contribution is -2.32. The van der Waals surface area contributed by atoms with E-state index in [0.29, 0.717) is 18.7 Å². The number of nitrogens with zero attached hydrogens (tertiary/aromatic N) is 1. The molecule has 0 spiro atoms. The summed E-state index contributed by atoms with van der Waals surface area (Å²) in [6.45, 7) is 4.57. The van der Waals surface area contributed by atoms with Crippen molar-refractivity contribution in [3.8, 4) is 5.75 Å². The first-order chi connectivity index (χ1) is 13.8. The molecule has 0 aliphatic carbocycles. The van der Waals surface area contributed by atoms with Crippen LogP contribution < -0.4 is 4.18 Å². The van der Waals surface area contributed by atoms with Gasteiger partial charge in [0.05, 0.1) is 5.56 Å². The van der Waals surface area contributed by atoms with Crippen molar-refractivity contribution < 1.29 is 26.9 Å². The molecule has 0 atom stereocenters. The quantitative estimate of drug-likeness (QED) is 0.530. The maximum atomic E-state index is 12.5. The molecule has 2 aromatic rings. The summed E-state index contributed by atoms with van der Waals surface area (Å²) < 4.78 is 35.3. The third kappa shape index (κ3) is 5.14. The lowest BCUT2D eigenvalue weighted by molar-refractivity contribution is -0.133. The van der Waals surface area contributed by atoms with Crippen LogP contribution in [0, 0.1) is 13.8 Å². The lowest BCUT2D eigenvalue weighted by Gasteiger charge is -2.15. The molecule has 0 saturated carbocycles. The van der Waals surface area contributed by atoms with Crippen LogP contribution in [0.4, 0.5) is 0 Å². The van der Waals surface area contributed by atoms with E-state index in [1.165, 1.54) is 24.3 Å². The Hall–Kier alpha value is -2.87. The van der Waals surface area contributed by atoms with Gasteiger partial charge in [-0.2, -0.15) is 8.42 Å². The summed E-state index contributed by atoms with van der Waals surface area (Å²) >= 11 is 0. The van der Waals surface area contributed by atoms with Crippen LogP contribution in [0.5, 0.6) is 5.75 Å². The van der Waals surface area contributed by atoms with Crippen LogP contribution in [0.15, 0.2) is 47.4 Å². The Kier molecular flexibility index (Phi) is 6.22. The molecule has 8 heteroatoms. The number of hydrogen-bond acceptors (Lipinski definition) is 6. The van der Waals surface area contributed by atoms with Gasteiger partial charge in [-0.25, -0.2) is 4.79 Å². The molecule has 154 valence electrons. The van der Waals surface area contributed by atoms with E-state index in [2.05, 4.69) is 0 Å². The van der Waals surface area contributed by atoms with Crippen molar-refractivity contribution in [1.82, 2.24) is 4.90 Å². The third-order valence-corrected chi connectivity index (χ3v) is 6.08. The van der Waals surface area contributed by atoms with Gasteiger partial charge in [0, 0.05) is 13.1 Å². The summed E-state index contributed by atoms with van der Waals surface area (Å²) in [5.41, 5.74) is 1.59. The van der Waals surface area contributed by atoms with Gasteiger partial charge < -0.3 is 13.8 Å². The molecule has 0 N–H and O–H groups in total. The maximum absolute atomic E-state index is 12.5. The molecule has 1 amide bonds. The number of amides is 1. The molecule has 3 rings (SSSR count). The fourth-order valence-corrected chi connectivity index (χ4v) is 4.31. The molecule has 29 heavy (non-hydrogen) atoms. The number of carbonyl (C=O) groups is 2. The Morgan fingerprint density at radius 1 is 1.00 bits per heavy atom. The molecule has 0 aromatic heterocycles. The second-order valence-electron chi connectivity index (χ2n) is 6.99. The number of hydrogen-bond donors (Lipinski definition) is 0. The first-order valence-corrected chi connectivity index (χ1v) is 10.7. The second kappa shape index (κ2) is 8.65. The van der Waals surface area contributed by atoms with Crippen LogP contribution in [0.2, 0.25) is 0 Å². The number of ether oxygens (including phenoxy) is 1. The monoisotopic (exact) mass is 417 g/mol. The van der Waals surface area contributed by atoms with Crippen LogP contribution in [-0.2, 0) is 19.6 Å². The van der Waals surface area contributed by atoms with E-state index in [9.17, 15) is 18.0 Å². The molecule has 1 fully saturated rings. The van der Waals surface area contributed by atoms with Gasteiger partial charge in [-0.1, -0.05) is 12.1 Å². The molecular weight excluding hydrogens is 394 g/mol. The van der Waals surface area contributed by atoms with Crippen LogP contribution in [0.1, 0.15) is 34.3 Å². The highest BCUT2D eigenvalue weighted by molar-refractivity contribution is 7.87. The molecule has 1 heterocycles. The first kappa shape index (κ1) is 20.9. The van der Waals surface area contributed by atoms with E-state index >= 15 is 0 Å². The third-order valence-electron chi connectivity index (χ3n) is 4.69. The fourth-order valence-electron chi connectivity index (χ4n) is 3.06. The highest BCUT2D eigenvalue weighted by atomic mass is 32.2.